The lowest BCUT2D eigenvalue weighted by atomic mass is 10.1. The van der Waals surface area contributed by atoms with Gasteiger partial charge >= 0.3 is 0 Å². The van der Waals surface area contributed by atoms with Gasteiger partial charge in [-0.15, -0.1) is 6.58 Å². The minimum Gasteiger partial charge on any atom is -0.311 e. The standard InChI is InChI=1S/C15H23N/c1-4-5-9-13(2)16-14(3)12-15-10-7-6-8-11-15/h4,6-8,10-11,13-14,16H,1,5,9,12H2,2-3H3. The van der Waals surface area contributed by atoms with Crippen LogP contribution in [0.1, 0.15) is 32.3 Å². The van der Waals surface area contributed by atoms with Gasteiger partial charge in [0.2, 0.25) is 0 Å². The van der Waals surface area contributed by atoms with Crippen LogP contribution >= 0.6 is 0 Å². The van der Waals surface area contributed by atoms with Crippen molar-refractivity contribution < 1.29 is 0 Å². The van der Waals surface area contributed by atoms with Crippen LogP contribution in [0.25, 0.3) is 0 Å². The maximum atomic E-state index is 3.75. The third-order valence-electron chi connectivity index (χ3n) is 2.76. The summed E-state index contributed by atoms with van der Waals surface area (Å²) >= 11 is 0. The molecule has 0 radical (unpaired) electrons. The molecular formula is C15H23N. The molecule has 2 unspecified atom stereocenters. The molecule has 0 aromatic heterocycles. The van der Waals surface area contributed by atoms with Crippen LogP contribution in [-0.4, -0.2) is 12.1 Å². The lowest BCUT2D eigenvalue weighted by molar-refractivity contribution is 0.446. The van der Waals surface area contributed by atoms with Crippen LogP contribution in [0.15, 0.2) is 43.0 Å². The lowest BCUT2D eigenvalue weighted by Crippen LogP contribution is -2.35. The first-order valence-electron chi connectivity index (χ1n) is 6.13. The van der Waals surface area contributed by atoms with E-state index in [0.717, 1.165) is 12.8 Å². The lowest BCUT2D eigenvalue weighted by Gasteiger charge is -2.19. The maximum absolute atomic E-state index is 3.75. The van der Waals surface area contributed by atoms with Gasteiger partial charge in [-0.3, -0.25) is 0 Å². The normalized spacial score (nSPS) is 14.4. The number of rotatable bonds is 7. The number of hydrogen-bond donors (Lipinski definition) is 1. The molecule has 1 heteroatoms. The molecule has 0 aliphatic carbocycles. The monoisotopic (exact) mass is 217 g/mol. The Morgan fingerprint density at radius 3 is 2.50 bits per heavy atom. The molecule has 1 rings (SSSR count). The van der Waals surface area contributed by atoms with Gasteiger partial charge < -0.3 is 5.32 Å². The van der Waals surface area contributed by atoms with Gasteiger partial charge in [-0.1, -0.05) is 36.4 Å². The van der Waals surface area contributed by atoms with Crippen LogP contribution in [0.5, 0.6) is 0 Å². The molecular weight excluding hydrogens is 194 g/mol. The molecule has 0 saturated carbocycles. The number of benzene rings is 1. The summed E-state index contributed by atoms with van der Waals surface area (Å²) in [4.78, 5) is 0. The number of hydrogen-bond acceptors (Lipinski definition) is 1. The van der Waals surface area contributed by atoms with E-state index in [2.05, 4.69) is 56.1 Å². The molecule has 0 saturated heterocycles. The molecule has 0 bridgehead atoms. The summed E-state index contributed by atoms with van der Waals surface area (Å²) in [6.45, 7) is 8.24. The van der Waals surface area contributed by atoms with Crippen molar-refractivity contribution in [3.63, 3.8) is 0 Å². The van der Waals surface area contributed by atoms with Gasteiger partial charge in [-0.05, 0) is 38.7 Å². The predicted octanol–water partition coefficient (Wildman–Crippen LogP) is 3.56. The van der Waals surface area contributed by atoms with Gasteiger partial charge in [-0.25, -0.2) is 0 Å². The fourth-order valence-corrected chi connectivity index (χ4v) is 1.96. The second kappa shape index (κ2) is 7.24. The number of allylic oxidation sites excluding steroid dienone is 1. The summed E-state index contributed by atoms with van der Waals surface area (Å²) in [6.07, 6.45) is 5.34. The molecule has 16 heavy (non-hydrogen) atoms. The molecule has 0 fully saturated rings. The van der Waals surface area contributed by atoms with Crippen LogP contribution in [0.3, 0.4) is 0 Å². The van der Waals surface area contributed by atoms with E-state index in [1.54, 1.807) is 0 Å². The smallest absolute Gasteiger partial charge is 0.00816 e. The molecule has 0 heterocycles. The summed E-state index contributed by atoms with van der Waals surface area (Å²) < 4.78 is 0. The van der Waals surface area contributed by atoms with E-state index in [0.29, 0.717) is 12.1 Å². The van der Waals surface area contributed by atoms with Crippen molar-refractivity contribution in [3.8, 4) is 0 Å². The Bertz CT molecular complexity index is 292. The summed E-state index contributed by atoms with van der Waals surface area (Å²) in [5, 5.41) is 3.62. The van der Waals surface area contributed by atoms with Crippen molar-refractivity contribution in [1.29, 1.82) is 0 Å². The zero-order valence-electron chi connectivity index (χ0n) is 10.4. The van der Waals surface area contributed by atoms with Gasteiger partial charge in [0, 0.05) is 12.1 Å². The second-order valence-electron chi connectivity index (χ2n) is 4.52. The quantitative estimate of drug-likeness (QED) is 0.689. The predicted molar refractivity (Wildman–Crippen MR) is 71.6 cm³/mol. The molecule has 1 N–H and O–H groups in total. The average Bonchev–Trinajstić information content (AvgIpc) is 2.27. The van der Waals surface area contributed by atoms with E-state index in [1.165, 1.54) is 12.0 Å². The highest BCUT2D eigenvalue weighted by Gasteiger charge is 2.06. The molecule has 1 aromatic rings. The Hall–Kier alpha value is -1.08. The molecule has 0 amide bonds. The summed E-state index contributed by atoms with van der Waals surface area (Å²) in [5.41, 5.74) is 1.40. The third kappa shape index (κ3) is 5.13. The first kappa shape index (κ1) is 13.0. The van der Waals surface area contributed by atoms with Gasteiger partial charge in [0.25, 0.3) is 0 Å². The van der Waals surface area contributed by atoms with Gasteiger partial charge in [0.1, 0.15) is 0 Å². The van der Waals surface area contributed by atoms with Crippen molar-refractivity contribution in [2.24, 2.45) is 0 Å². The van der Waals surface area contributed by atoms with E-state index >= 15 is 0 Å². The van der Waals surface area contributed by atoms with Gasteiger partial charge in [0.15, 0.2) is 0 Å². The van der Waals surface area contributed by atoms with Crippen LogP contribution in [0.2, 0.25) is 0 Å². The first-order chi connectivity index (χ1) is 7.72. The molecule has 0 spiro atoms. The highest BCUT2D eigenvalue weighted by atomic mass is 14.9. The largest absolute Gasteiger partial charge is 0.311 e. The van der Waals surface area contributed by atoms with Crippen LogP contribution in [0.4, 0.5) is 0 Å². The van der Waals surface area contributed by atoms with E-state index in [1.807, 2.05) is 6.08 Å². The van der Waals surface area contributed by atoms with Crippen molar-refractivity contribution in [1.82, 2.24) is 5.32 Å². The van der Waals surface area contributed by atoms with Crippen LogP contribution < -0.4 is 5.32 Å². The summed E-state index contributed by atoms with van der Waals surface area (Å²) in [7, 11) is 0. The van der Waals surface area contributed by atoms with Crippen molar-refractivity contribution in [3.05, 3.63) is 48.6 Å². The Labute approximate surface area is 99.6 Å². The van der Waals surface area contributed by atoms with Crippen molar-refractivity contribution >= 4 is 0 Å². The second-order valence-corrected chi connectivity index (χ2v) is 4.52. The van der Waals surface area contributed by atoms with Crippen LogP contribution in [0, 0.1) is 0 Å². The Morgan fingerprint density at radius 1 is 1.19 bits per heavy atom. The van der Waals surface area contributed by atoms with E-state index < -0.39 is 0 Å². The third-order valence-corrected chi connectivity index (χ3v) is 2.76. The van der Waals surface area contributed by atoms with Gasteiger partial charge in [0.05, 0.1) is 0 Å². The molecule has 88 valence electrons. The minimum absolute atomic E-state index is 0.530. The van der Waals surface area contributed by atoms with E-state index in [4.69, 9.17) is 0 Å². The molecule has 1 aromatic carbocycles. The molecule has 1 nitrogen and oxygen atoms in total. The van der Waals surface area contributed by atoms with Crippen molar-refractivity contribution in [2.75, 3.05) is 0 Å². The molecule has 0 aliphatic rings. The molecule has 0 aliphatic heterocycles. The highest BCUT2D eigenvalue weighted by Crippen LogP contribution is 2.05. The highest BCUT2D eigenvalue weighted by molar-refractivity contribution is 5.15. The number of nitrogens with one attached hydrogen (secondary N) is 1. The van der Waals surface area contributed by atoms with Crippen molar-refractivity contribution in [2.45, 2.75) is 45.2 Å². The zero-order chi connectivity index (χ0) is 11.8. The minimum atomic E-state index is 0.530. The molecule has 2 atom stereocenters. The van der Waals surface area contributed by atoms with Crippen LogP contribution in [-0.2, 0) is 6.42 Å². The summed E-state index contributed by atoms with van der Waals surface area (Å²) in [5.74, 6) is 0. The summed E-state index contributed by atoms with van der Waals surface area (Å²) in [6, 6.07) is 11.7. The zero-order valence-corrected chi connectivity index (χ0v) is 10.4. The van der Waals surface area contributed by atoms with E-state index in [-0.39, 0.29) is 0 Å². The average molecular weight is 217 g/mol. The fourth-order valence-electron chi connectivity index (χ4n) is 1.96. The Morgan fingerprint density at radius 2 is 1.88 bits per heavy atom. The fraction of sp³-hybridized carbons (Fsp3) is 0.467. The Kier molecular flexibility index (Phi) is 5.87. The van der Waals surface area contributed by atoms with E-state index in [9.17, 15) is 0 Å². The topological polar surface area (TPSA) is 12.0 Å². The SMILES string of the molecule is C=CCCC(C)NC(C)Cc1ccccc1. The first-order valence-corrected chi connectivity index (χ1v) is 6.13. The van der Waals surface area contributed by atoms with Gasteiger partial charge in [-0.2, -0.15) is 0 Å². The maximum Gasteiger partial charge on any atom is 0.00816 e. The Balaban J connectivity index is 2.30.